The summed E-state index contributed by atoms with van der Waals surface area (Å²) < 4.78 is 13.1. The van der Waals surface area contributed by atoms with Gasteiger partial charge in [0.2, 0.25) is 0 Å². The first-order valence-electron chi connectivity index (χ1n) is 12.0. The third-order valence-electron chi connectivity index (χ3n) is 7.62. The zero-order valence-electron chi connectivity index (χ0n) is 21.0. The standard InChI is InChI=1S/C24H39NO3.C2H6/c1-9-22(7)16-24(26-17(3)18(4)27-24)20(6)23(8,10-2)25(22)28-19(5)21-14-12-11-13-15-21;1-2/h11-15,17-20H,9-10,16H2,1-8H3;1-2H3. The van der Waals surface area contributed by atoms with E-state index in [1.807, 2.05) is 19.9 Å². The van der Waals surface area contributed by atoms with Crippen LogP contribution in [0.5, 0.6) is 0 Å². The minimum absolute atomic E-state index is 0.0116. The summed E-state index contributed by atoms with van der Waals surface area (Å²) in [5.41, 5.74) is 0.822. The molecule has 0 radical (unpaired) electrons. The highest BCUT2D eigenvalue weighted by Crippen LogP contribution is 2.55. The van der Waals surface area contributed by atoms with Gasteiger partial charge in [0.05, 0.1) is 17.7 Å². The SMILES string of the molecule is CC.CCC1(C)CC2(OC(C)C(C)O2)C(C)C(C)(CC)N1OC(C)c1ccccc1. The van der Waals surface area contributed by atoms with Crippen LogP contribution in [0.1, 0.15) is 100 Å². The van der Waals surface area contributed by atoms with Crippen LogP contribution in [0.3, 0.4) is 0 Å². The molecule has 0 amide bonds. The Hall–Kier alpha value is -0.940. The first-order valence-corrected chi connectivity index (χ1v) is 12.0. The number of rotatable bonds is 5. The van der Waals surface area contributed by atoms with Gasteiger partial charge in [0, 0.05) is 17.9 Å². The van der Waals surface area contributed by atoms with Gasteiger partial charge in [0.1, 0.15) is 6.10 Å². The van der Waals surface area contributed by atoms with Crippen molar-refractivity contribution in [1.82, 2.24) is 5.06 Å². The van der Waals surface area contributed by atoms with Gasteiger partial charge in [0.25, 0.3) is 0 Å². The number of benzene rings is 1. The molecular weight excluding hydrogens is 374 g/mol. The van der Waals surface area contributed by atoms with E-state index in [0.29, 0.717) is 0 Å². The molecule has 2 saturated heterocycles. The van der Waals surface area contributed by atoms with E-state index in [1.165, 1.54) is 5.56 Å². The summed E-state index contributed by atoms with van der Waals surface area (Å²) in [6.07, 6.45) is 2.95. The summed E-state index contributed by atoms with van der Waals surface area (Å²) in [6.45, 7) is 21.8. The van der Waals surface area contributed by atoms with Crippen LogP contribution >= 0.6 is 0 Å². The maximum Gasteiger partial charge on any atom is 0.175 e. The summed E-state index contributed by atoms with van der Waals surface area (Å²) in [4.78, 5) is 6.74. The second-order valence-corrected chi connectivity index (χ2v) is 9.37. The van der Waals surface area contributed by atoms with Crippen molar-refractivity contribution in [3.8, 4) is 0 Å². The van der Waals surface area contributed by atoms with Crippen LogP contribution in [0.4, 0.5) is 0 Å². The summed E-state index contributed by atoms with van der Waals surface area (Å²) in [5.74, 6) is -0.371. The number of piperidine rings is 1. The second kappa shape index (κ2) is 9.68. The zero-order chi connectivity index (χ0) is 22.7. The minimum Gasteiger partial charge on any atom is -0.344 e. The smallest absolute Gasteiger partial charge is 0.175 e. The Kier molecular flexibility index (Phi) is 8.17. The van der Waals surface area contributed by atoms with Crippen molar-refractivity contribution in [3.05, 3.63) is 35.9 Å². The van der Waals surface area contributed by atoms with Gasteiger partial charge in [-0.05, 0) is 53.0 Å². The molecule has 0 saturated carbocycles. The maximum absolute atomic E-state index is 6.74. The van der Waals surface area contributed by atoms with Gasteiger partial charge in [-0.2, -0.15) is 5.06 Å². The average Bonchev–Trinajstić information content (AvgIpc) is 3.05. The van der Waals surface area contributed by atoms with Crippen molar-refractivity contribution in [1.29, 1.82) is 0 Å². The summed E-state index contributed by atoms with van der Waals surface area (Å²) in [6, 6.07) is 10.5. The van der Waals surface area contributed by atoms with Gasteiger partial charge in [-0.25, -0.2) is 0 Å². The van der Waals surface area contributed by atoms with Crippen LogP contribution in [0.2, 0.25) is 0 Å². The number of nitrogens with zero attached hydrogens (tertiary/aromatic N) is 1. The van der Waals surface area contributed by atoms with Crippen LogP contribution in [0.15, 0.2) is 30.3 Å². The van der Waals surface area contributed by atoms with Crippen LogP contribution < -0.4 is 0 Å². The Morgan fingerprint density at radius 2 is 1.53 bits per heavy atom. The molecule has 1 aromatic carbocycles. The summed E-state index contributed by atoms with van der Waals surface area (Å²) in [7, 11) is 0. The quantitative estimate of drug-likeness (QED) is 0.519. The van der Waals surface area contributed by atoms with Gasteiger partial charge in [-0.3, -0.25) is 4.84 Å². The van der Waals surface area contributed by atoms with E-state index in [2.05, 4.69) is 84.7 Å². The molecule has 4 heteroatoms. The fraction of sp³-hybridized carbons (Fsp3) is 0.769. The molecule has 4 nitrogen and oxygen atoms in total. The predicted molar refractivity (Wildman–Crippen MR) is 124 cm³/mol. The highest BCUT2D eigenvalue weighted by molar-refractivity contribution is 5.17. The van der Waals surface area contributed by atoms with Gasteiger partial charge in [-0.15, -0.1) is 0 Å². The molecule has 30 heavy (non-hydrogen) atoms. The van der Waals surface area contributed by atoms with Gasteiger partial charge in [0.15, 0.2) is 5.79 Å². The molecule has 1 spiro atoms. The Morgan fingerprint density at radius 1 is 1.00 bits per heavy atom. The molecule has 2 fully saturated rings. The molecular formula is C26H45NO3. The number of ether oxygens (including phenoxy) is 2. The molecule has 0 aromatic heterocycles. The lowest BCUT2D eigenvalue weighted by Crippen LogP contribution is -2.71. The van der Waals surface area contributed by atoms with Crippen LogP contribution in [0, 0.1) is 5.92 Å². The second-order valence-electron chi connectivity index (χ2n) is 9.37. The van der Waals surface area contributed by atoms with Gasteiger partial charge >= 0.3 is 0 Å². The third kappa shape index (κ3) is 4.34. The molecule has 0 aliphatic carbocycles. The number of hydrogen-bond donors (Lipinski definition) is 0. The minimum atomic E-state index is -0.551. The van der Waals surface area contributed by atoms with E-state index in [9.17, 15) is 0 Å². The fourth-order valence-electron chi connectivity index (χ4n) is 5.07. The van der Waals surface area contributed by atoms with Gasteiger partial charge in [-0.1, -0.05) is 65.0 Å². The lowest BCUT2D eigenvalue weighted by molar-refractivity contribution is -0.381. The molecule has 6 unspecified atom stereocenters. The monoisotopic (exact) mass is 419 g/mol. The lowest BCUT2D eigenvalue weighted by atomic mass is 9.67. The van der Waals surface area contributed by atoms with Crippen molar-refractivity contribution in [3.63, 3.8) is 0 Å². The Labute approximate surface area is 185 Å². The maximum atomic E-state index is 6.74. The van der Waals surface area contributed by atoms with Crippen molar-refractivity contribution >= 4 is 0 Å². The normalized spacial score (nSPS) is 40.1. The predicted octanol–water partition coefficient (Wildman–Crippen LogP) is 6.90. The van der Waals surface area contributed by atoms with E-state index in [-0.39, 0.29) is 35.3 Å². The van der Waals surface area contributed by atoms with Crippen LogP contribution in [-0.4, -0.2) is 34.1 Å². The molecule has 0 bridgehead atoms. The summed E-state index contributed by atoms with van der Waals surface area (Å²) >= 11 is 0. The first kappa shape index (κ1) is 25.3. The van der Waals surface area contributed by atoms with E-state index in [1.54, 1.807) is 0 Å². The molecule has 2 aliphatic heterocycles. The Balaban J connectivity index is 0.00000155. The molecule has 2 heterocycles. The lowest BCUT2D eigenvalue weighted by Gasteiger charge is -2.62. The van der Waals surface area contributed by atoms with E-state index < -0.39 is 5.79 Å². The van der Waals surface area contributed by atoms with E-state index >= 15 is 0 Å². The van der Waals surface area contributed by atoms with Gasteiger partial charge < -0.3 is 9.47 Å². The van der Waals surface area contributed by atoms with Crippen LogP contribution in [-0.2, 0) is 14.3 Å². The first-order chi connectivity index (χ1) is 14.1. The molecule has 172 valence electrons. The Bertz CT molecular complexity index is 656. The topological polar surface area (TPSA) is 30.9 Å². The van der Waals surface area contributed by atoms with Crippen molar-refractivity contribution in [2.75, 3.05) is 0 Å². The molecule has 0 N–H and O–H groups in total. The van der Waals surface area contributed by atoms with E-state index in [0.717, 1.165) is 19.3 Å². The largest absolute Gasteiger partial charge is 0.344 e. The molecule has 3 rings (SSSR count). The zero-order valence-corrected chi connectivity index (χ0v) is 21.0. The summed E-state index contributed by atoms with van der Waals surface area (Å²) in [5, 5.41) is 2.30. The van der Waals surface area contributed by atoms with Crippen molar-refractivity contribution in [2.45, 2.75) is 124 Å². The van der Waals surface area contributed by atoms with Crippen molar-refractivity contribution < 1.29 is 14.3 Å². The molecule has 6 atom stereocenters. The highest BCUT2D eigenvalue weighted by Gasteiger charge is 2.64. The molecule has 2 aliphatic rings. The number of hydroxylamine groups is 2. The average molecular weight is 420 g/mol. The molecule has 1 aromatic rings. The van der Waals surface area contributed by atoms with Crippen LogP contribution in [0.25, 0.3) is 0 Å². The number of hydrogen-bond acceptors (Lipinski definition) is 4. The Morgan fingerprint density at radius 3 is 2.00 bits per heavy atom. The fourth-order valence-corrected chi connectivity index (χ4v) is 5.07. The highest BCUT2D eigenvalue weighted by atomic mass is 16.8. The van der Waals surface area contributed by atoms with E-state index in [4.69, 9.17) is 14.3 Å². The third-order valence-corrected chi connectivity index (χ3v) is 7.62. The van der Waals surface area contributed by atoms with Crippen molar-refractivity contribution in [2.24, 2.45) is 5.92 Å².